The van der Waals surface area contributed by atoms with Crippen LogP contribution < -0.4 is 14.8 Å². The largest absolute Gasteiger partial charge is 0.459 e. The topological polar surface area (TPSA) is 178 Å². The normalized spacial score (nSPS) is 24.4. The summed E-state index contributed by atoms with van der Waals surface area (Å²) in [4.78, 5) is 34.1. The number of carbonyl (C=O) groups excluding carboxylic acids is 2. The maximum Gasteiger partial charge on any atom is 0.412 e. The molecule has 0 saturated heterocycles. The first-order chi connectivity index (χ1) is 26.8. The van der Waals surface area contributed by atoms with E-state index in [9.17, 15) is 24.9 Å². The Balaban J connectivity index is 2.01. The van der Waals surface area contributed by atoms with Crippen LogP contribution in [0.25, 0.3) is 0 Å². The molecule has 0 aromatic heterocycles. The molecule has 1 aromatic rings. The molecule has 14 heteroatoms. The number of amides is 2. The van der Waals surface area contributed by atoms with Gasteiger partial charge in [0.25, 0.3) is 0 Å². The Bertz CT molecular complexity index is 1470. The summed E-state index contributed by atoms with van der Waals surface area (Å²) >= 11 is 0. The van der Waals surface area contributed by atoms with Crippen molar-refractivity contribution in [2.45, 2.75) is 83.0 Å². The summed E-state index contributed by atoms with van der Waals surface area (Å²) in [5.74, 6) is -1.46. The van der Waals surface area contributed by atoms with Crippen molar-refractivity contribution in [3.05, 3.63) is 60.7 Å². The number of nitrogens with one attached hydrogen (secondary N) is 1. The van der Waals surface area contributed by atoms with Gasteiger partial charge in [-0.25, -0.2) is 9.59 Å². The molecule has 1 fully saturated rings. The summed E-state index contributed by atoms with van der Waals surface area (Å²) in [7, 11) is 0. The molecule has 55 heavy (non-hydrogen) atoms. The van der Waals surface area contributed by atoms with E-state index in [-0.39, 0.29) is 77.0 Å². The summed E-state index contributed by atoms with van der Waals surface area (Å²) < 4.78 is 31.3. The minimum absolute atomic E-state index is 0.0129. The van der Waals surface area contributed by atoms with E-state index < -0.39 is 29.9 Å². The number of oxime groups is 1. The fraction of sp³-hybridized carbons (Fsp3) is 0.634. The molecule has 1 aromatic carbocycles. The lowest BCUT2D eigenvalue weighted by molar-refractivity contribution is -0.256. The van der Waals surface area contributed by atoms with Crippen molar-refractivity contribution in [1.82, 2.24) is 10.2 Å². The van der Waals surface area contributed by atoms with Crippen LogP contribution in [0.15, 0.2) is 60.3 Å². The van der Waals surface area contributed by atoms with Gasteiger partial charge in [-0.15, -0.1) is 13.2 Å². The minimum Gasteiger partial charge on any atom is -0.459 e. The molecule has 4 N–H and O–H groups in total. The van der Waals surface area contributed by atoms with Gasteiger partial charge in [-0.1, -0.05) is 36.2 Å². The highest BCUT2D eigenvalue weighted by Crippen LogP contribution is 2.62. The molecule has 4 rings (SSSR count). The first-order valence-corrected chi connectivity index (χ1v) is 19.7. The number of rotatable bonds is 24. The number of benzene rings is 1. The van der Waals surface area contributed by atoms with E-state index in [1.54, 1.807) is 29.2 Å². The van der Waals surface area contributed by atoms with Crippen LogP contribution >= 0.6 is 0 Å². The molecule has 0 spiro atoms. The third kappa shape index (κ3) is 10.9. The van der Waals surface area contributed by atoms with Gasteiger partial charge in [0.1, 0.15) is 24.1 Å². The monoisotopic (exact) mass is 771 g/mol. The van der Waals surface area contributed by atoms with Crippen LogP contribution in [0, 0.1) is 17.8 Å². The highest BCUT2D eigenvalue weighted by Gasteiger charge is 2.65. The zero-order chi connectivity index (χ0) is 39.6. The predicted molar refractivity (Wildman–Crippen MR) is 207 cm³/mol. The van der Waals surface area contributed by atoms with Crippen molar-refractivity contribution >= 4 is 17.9 Å². The number of allylic oxidation sites excluding steroid dienone is 1. The average molecular weight is 772 g/mol. The van der Waals surface area contributed by atoms with E-state index in [0.29, 0.717) is 49.6 Å². The molecular formula is C41H61N3O11. The molecular weight excluding hydrogens is 710 g/mol. The molecule has 306 valence electrons. The summed E-state index contributed by atoms with van der Waals surface area (Å²) in [5, 5.41) is 36.4. The molecule has 1 saturated carbocycles. The number of unbranched alkanes of at least 4 members (excludes halogenated alkanes) is 2. The summed E-state index contributed by atoms with van der Waals surface area (Å²) in [6, 6.07) is 4.50. The van der Waals surface area contributed by atoms with E-state index >= 15 is 0 Å². The zero-order valence-corrected chi connectivity index (χ0v) is 32.5. The molecule has 0 bridgehead atoms. The molecule has 2 aliphatic carbocycles. The second-order valence-corrected chi connectivity index (χ2v) is 13.8. The van der Waals surface area contributed by atoms with E-state index in [4.69, 9.17) is 28.5 Å². The van der Waals surface area contributed by atoms with Gasteiger partial charge in [-0.05, 0) is 81.6 Å². The van der Waals surface area contributed by atoms with Crippen LogP contribution in [-0.2, 0) is 19.0 Å². The SMILES string of the molecule is C=CCCOC(=O)N(CCOCCO)C1CC(=NOCC)C2=CC(CCCCO)C(CCCCO)C3c4cc(OC(=O)NCC)ccc4OC1(OCC=C)C23. The molecule has 3 aliphatic rings. The Hall–Kier alpha value is -3.95. The summed E-state index contributed by atoms with van der Waals surface area (Å²) in [5.41, 5.74) is 2.34. The van der Waals surface area contributed by atoms with Gasteiger partial charge >= 0.3 is 12.2 Å². The lowest BCUT2D eigenvalue weighted by atomic mass is 9.55. The quantitative estimate of drug-likeness (QED) is 0.0595. The van der Waals surface area contributed by atoms with Crippen LogP contribution in [0.1, 0.15) is 76.7 Å². The van der Waals surface area contributed by atoms with Crippen molar-refractivity contribution in [3.63, 3.8) is 0 Å². The van der Waals surface area contributed by atoms with Crippen LogP contribution in [-0.4, -0.2) is 116 Å². The van der Waals surface area contributed by atoms with Crippen LogP contribution in [0.5, 0.6) is 11.5 Å². The van der Waals surface area contributed by atoms with Crippen molar-refractivity contribution in [1.29, 1.82) is 0 Å². The Labute approximate surface area is 325 Å². The standard InChI is InChI=1S/C41H61N3O11/c1-5-9-23-51-40(49)44(18-24-50-25-21-47)36-28-34(43-53-8-4)32-26-29(14-10-12-19-45)31(15-11-13-20-46)37-33-27-30(54-39(48)42-7-3)16-17-35(33)55-41(36,38(32)37)52-22-6-2/h5-6,16-17,26-27,29,31,36-38,45-47H,1-2,7-15,18-25,28H2,3-4H3,(H,42,48). The second kappa shape index (κ2) is 22.6. The molecule has 14 nitrogen and oxygen atoms in total. The number of ether oxygens (including phenoxy) is 5. The molecule has 0 radical (unpaired) electrons. The van der Waals surface area contributed by atoms with Gasteiger partial charge in [0, 0.05) is 44.2 Å². The Kier molecular flexibility index (Phi) is 18.0. The van der Waals surface area contributed by atoms with Gasteiger partial charge in [0.2, 0.25) is 5.79 Å². The fourth-order valence-corrected chi connectivity index (χ4v) is 8.16. The number of aliphatic hydroxyl groups is 3. The smallest absolute Gasteiger partial charge is 0.412 e. The first-order valence-electron chi connectivity index (χ1n) is 19.7. The number of carbonyl (C=O) groups is 2. The molecule has 6 atom stereocenters. The molecule has 6 unspecified atom stereocenters. The highest BCUT2D eigenvalue weighted by atomic mass is 16.7. The van der Waals surface area contributed by atoms with Gasteiger partial charge in [-0.2, -0.15) is 0 Å². The summed E-state index contributed by atoms with van der Waals surface area (Å²) in [6.07, 6.45) is 9.39. The van der Waals surface area contributed by atoms with E-state index in [0.717, 1.165) is 36.8 Å². The van der Waals surface area contributed by atoms with E-state index in [1.165, 1.54) is 0 Å². The highest BCUT2D eigenvalue weighted by molar-refractivity contribution is 6.03. The molecule has 1 heterocycles. The lowest BCUT2D eigenvalue weighted by Gasteiger charge is -2.59. The van der Waals surface area contributed by atoms with Crippen molar-refractivity contribution in [2.24, 2.45) is 22.9 Å². The van der Waals surface area contributed by atoms with Gasteiger partial charge in [-0.3, -0.25) is 4.90 Å². The number of hydrogen-bond donors (Lipinski definition) is 4. The number of nitrogens with zero attached hydrogens (tertiary/aromatic N) is 2. The van der Waals surface area contributed by atoms with Gasteiger partial charge in [0.15, 0.2) is 0 Å². The number of aliphatic hydroxyl groups excluding tert-OH is 3. The maximum absolute atomic E-state index is 14.2. The van der Waals surface area contributed by atoms with Crippen LogP contribution in [0.3, 0.4) is 0 Å². The third-order valence-corrected chi connectivity index (χ3v) is 10.4. The minimum atomic E-state index is -1.50. The van der Waals surface area contributed by atoms with E-state index in [1.807, 2.05) is 19.9 Å². The zero-order valence-electron chi connectivity index (χ0n) is 32.5. The van der Waals surface area contributed by atoms with Crippen molar-refractivity contribution < 1.29 is 53.4 Å². The lowest BCUT2D eigenvalue weighted by Crippen LogP contribution is -2.70. The number of hydrogen-bond acceptors (Lipinski definition) is 12. The second-order valence-electron chi connectivity index (χ2n) is 13.8. The third-order valence-electron chi connectivity index (χ3n) is 10.4. The van der Waals surface area contributed by atoms with Crippen LogP contribution in [0.4, 0.5) is 9.59 Å². The Morgan fingerprint density at radius 3 is 2.51 bits per heavy atom. The van der Waals surface area contributed by atoms with Crippen molar-refractivity contribution in [2.75, 3.05) is 65.9 Å². The Morgan fingerprint density at radius 1 is 1.04 bits per heavy atom. The molecule has 1 aliphatic heterocycles. The van der Waals surface area contributed by atoms with Gasteiger partial charge in [0.05, 0.1) is 44.7 Å². The molecule has 2 amide bonds. The maximum atomic E-state index is 14.2. The van der Waals surface area contributed by atoms with E-state index in [2.05, 4.69) is 29.7 Å². The van der Waals surface area contributed by atoms with Crippen LogP contribution in [0.2, 0.25) is 0 Å². The summed E-state index contributed by atoms with van der Waals surface area (Å²) in [6.45, 7) is 12.6. The predicted octanol–water partition coefficient (Wildman–Crippen LogP) is 5.47. The average Bonchev–Trinajstić information content (AvgIpc) is 3.18. The number of fused-ring (bicyclic) bond motifs is 2. The fourth-order valence-electron chi connectivity index (χ4n) is 8.16. The Morgan fingerprint density at radius 2 is 1.82 bits per heavy atom. The first kappa shape index (κ1) is 43.8. The van der Waals surface area contributed by atoms with Crippen molar-refractivity contribution in [3.8, 4) is 11.5 Å². The van der Waals surface area contributed by atoms with Gasteiger partial charge < -0.3 is 49.2 Å².